The molecule has 10 rings (SSSR count). The van der Waals surface area contributed by atoms with E-state index >= 15 is 0 Å². The Morgan fingerprint density at radius 2 is 0.704 bits per heavy atom. The van der Waals surface area contributed by atoms with Crippen LogP contribution in [0.1, 0.15) is 191 Å². The zero-order valence-corrected chi connectivity index (χ0v) is 52.6. The van der Waals surface area contributed by atoms with Crippen molar-refractivity contribution in [3.05, 3.63) is 269 Å². The molecule has 81 heavy (non-hydrogen) atoms. The maximum absolute atomic E-state index is 5.78. The molecule has 0 bridgehead atoms. The third-order valence-corrected chi connectivity index (χ3v) is 19.4. The summed E-state index contributed by atoms with van der Waals surface area (Å²) < 4.78 is 11.6. The first-order valence-electron chi connectivity index (χ1n) is 30.4. The first-order chi connectivity index (χ1) is 38.7. The van der Waals surface area contributed by atoms with Crippen molar-refractivity contribution >= 4 is 0 Å². The Balaban J connectivity index is 0.000000161. The molecule has 2 heteroatoms. The molecule has 0 saturated heterocycles. The second kappa shape index (κ2) is 25.7. The zero-order chi connectivity index (χ0) is 58.3. The highest BCUT2D eigenvalue weighted by atomic mass is 16.5. The Morgan fingerprint density at radius 1 is 0.358 bits per heavy atom. The van der Waals surface area contributed by atoms with Crippen molar-refractivity contribution in [2.24, 2.45) is 11.3 Å². The van der Waals surface area contributed by atoms with Gasteiger partial charge in [-0.3, -0.25) is 0 Å². The van der Waals surface area contributed by atoms with E-state index in [1.807, 2.05) is 0 Å². The summed E-state index contributed by atoms with van der Waals surface area (Å²) in [6.07, 6.45) is 13.0. The third-order valence-electron chi connectivity index (χ3n) is 19.4. The molecule has 2 nitrogen and oxygen atoms in total. The quantitative estimate of drug-likeness (QED) is 0.120. The lowest BCUT2D eigenvalue weighted by Gasteiger charge is -2.47. The lowest BCUT2D eigenvalue weighted by Crippen LogP contribution is -2.42. The lowest BCUT2D eigenvalue weighted by molar-refractivity contribution is 0.269. The maximum Gasteiger partial charge on any atom is 0.122 e. The number of methoxy groups -OCH3 is 2. The fourth-order valence-electron chi connectivity index (χ4n) is 14.3. The predicted octanol–water partition coefficient (Wildman–Crippen LogP) is 21.0. The van der Waals surface area contributed by atoms with E-state index in [2.05, 4.69) is 261 Å². The van der Waals surface area contributed by atoms with Gasteiger partial charge in [0.05, 0.1) is 14.2 Å². The number of hydrogen-bond donors (Lipinski definition) is 0. The van der Waals surface area contributed by atoms with Gasteiger partial charge in [-0.25, -0.2) is 0 Å². The Bertz CT molecular complexity index is 3080. The van der Waals surface area contributed by atoms with Gasteiger partial charge in [0.15, 0.2) is 0 Å². The van der Waals surface area contributed by atoms with E-state index in [0.29, 0.717) is 5.92 Å². The van der Waals surface area contributed by atoms with Gasteiger partial charge >= 0.3 is 0 Å². The fraction of sp³-hybridized carbons (Fsp3) is 0.392. The Labute approximate surface area is 490 Å². The minimum atomic E-state index is -0.246. The van der Waals surface area contributed by atoms with Crippen molar-refractivity contribution in [2.45, 2.75) is 177 Å². The number of rotatable bonds is 11. The van der Waals surface area contributed by atoms with Crippen LogP contribution in [0.3, 0.4) is 0 Å². The molecule has 2 aliphatic rings. The van der Waals surface area contributed by atoms with Crippen LogP contribution in [-0.4, -0.2) is 14.2 Å². The van der Waals surface area contributed by atoms with Crippen LogP contribution in [0.25, 0.3) is 0 Å². The molecular formula is C79H96O2. The van der Waals surface area contributed by atoms with Crippen molar-refractivity contribution in [3.8, 4) is 11.5 Å². The van der Waals surface area contributed by atoms with Crippen LogP contribution in [0, 0.1) is 87.5 Å². The van der Waals surface area contributed by atoms with Crippen LogP contribution in [0.5, 0.6) is 11.5 Å². The van der Waals surface area contributed by atoms with Crippen LogP contribution < -0.4 is 9.47 Å². The standard InChI is InChI=1S/C29H34O2.C26H30.C24H32/c1-21-15-17-25(19-27(21)30-3)29(23-11-7-5-8-12-23,24-13-9-6-10-14-24)26-18-16-22(2)28(20-26)31-4;1-19-7-13-22(14-8-19)26(25(4,5)6,23-15-9-20(2)10-16-23)24-17-11-21(3)12-18-24;1-16-12-22(13-17(2)20(16)5)24(10-8-7-9-11-24)23-14-18(3)21(6)19(4)15-23/h5,7-8,11-12,15-20,24H,6,9-10,13-14H2,1-4H3;7-18H,1-6H3;12-15H,7-11H2,1-6H3. The summed E-state index contributed by atoms with van der Waals surface area (Å²) in [6.45, 7) is 31.3. The van der Waals surface area contributed by atoms with Crippen LogP contribution in [0.15, 0.2) is 164 Å². The second-order valence-corrected chi connectivity index (χ2v) is 25.6. The number of hydrogen-bond acceptors (Lipinski definition) is 2. The first-order valence-corrected chi connectivity index (χ1v) is 30.4. The summed E-state index contributed by atoms with van der Waals surface area (Å²) in [5.74, 6) is 2.42. The SMILES string of the molecule is COc1cc(C(c2ccccc2)(c2ccc(C)c(OC)c2)C2CCCCC2)ccc1C.Cc1cc(C2(c3cc(C)c(C)c(C)c3)CCCCC2)cc(C)c1C.Cc1ccc(C(c2ccc(C)cc2)(c2ccc(C)cc2)C(C)(C)C)cc1. The molecule has 0 N–H and O–H groups in total. The number of ether oxygens (including phenoxy) is 2. The Kier molecular flexibility index (Phi) is 19.1. The van der Waals surface area contributed by atoms with E-state index in [-0.39, 0.29) is 21.7 Å². The smallest absolute Gasteiger partial charge is 0.122 e. The molecule has 2 aliphatic carbocycles. The largest absolute Gasteiger partial charge is 0.496 e. The van der Waals surface area contributed by atoms with Crippen LogP contribution in [0.4, 0.5) is 0 Å². The van der Waals surface area contributed by atoms with Crippen molar-refractivity contribution in [1.29, 1.82) is 0 Å². The van der Waals surface area contributed by atoms with Gasteiger partial charge in [0.25, 0.3) is 0 Å². The minimum absolute atomic E-state index is 0.00672. The Hall–Kier alpha value is -6.64. The highest BCUT2D eigenvalue weighted by Gasteiger charge is 2.47. The van der Waals surface area contributed by atoms with E-state index in [1.54, 1.807) is 25.3 Å². The average molecular weight is 1080 g/mol. The third kappa shape index (κ3) is 12.3. The maximum atomic E-state index is 5.78. The normalized spacial score (nSPS) is 14.7. The summed E-state index contributed by atoms with van der Waals surface area (Å²) in [5, 5.41) is 0. The molecule has 0 amide bonds. The molecular weight excluding hydrogens is 981 g/mol. The van der Waals surface area contributed by atoms with E-state index in [0.717, 1.165) is 11.5 Å². The van der Waals surface area contributed by atoms with Gasteiger partial charge in [0.2, 0.25) is 0 Å². The monoisotopic (exact) mass is 1080 g/mol. The van der Waals surface area contributed by atoms with Gasteiger partial charge in [-0.1, -0.05) is 228 Å². The van der Waals surface area contributed by atoms with Crippen molar-refractivity contribution in [1.82, 2.24) is 0 Å². The van der Waals surface area contributed by atoms with Gasteiger partial charge < -0.3 is 9.47 Å². The van der Waals surface area contributed by atoms with E-state index in [4.69, 9.17) is 9.47 Å². The van der Waals surface area contributed by atoms with Crippen LogP contribution in [-0.2, 0) is 16.2 Å². The molecule has 8 aromatic carbocycles. The van der Waals surface area contributed by atoms with E-state index < -0.39 is 0 Å². The fourth-order valence-corrected chi connectivity index (χ4v) is 14.3. The molecule has 0 aromatic heterocycles. The van der Waals surface area contributed by atoms with Crippen molar-refractivity contribution in [2.75, 3.05) is 14.2 Å². The average Bonchev–Trinajstić information content (AvgIpc) is 3.65. The topological polar surface area (TPSA) is 18.5 Å². The number of aryl methyl sites for hydroxylation is 9. The molecule has 0 atom stereocenters. The van der Waals surface area contributed by atoms with Crippen molar-refractivity contribution in [3.63, 3.8) is 0 Å². The molecule has 8 aromatic rings. The molecule has 0 unspecified atom stereocenters. The van der Waals surface area contributed by atoms with Gasteiger partial charge in [-0.2, -0.15) is 0 Å². The second-order valence-electron chi connectivity index (χ2n) is 25.6. The lowest BCUT2D eigenvalue weighted by atomic mass is 9.56. The van der Waals surface area contributed by atoms with Gasteiger partial charge in [0.1, 0.15) is 11.5 Å². The highest BCUT2D eigenvalue weighted by molar-refractivity contribution is 5.58. The van der Waals surface area contributed by atoms with Crippen LogP contribution in [0.2, 0.25) is 0 Å². The van der Waals surface area contributed by atoms with Gasteiger partial charge in [0, 0.05) is 16.2 Å². The summed E-state index contributed by atoms with van der Waals surface area (Å²) in [6, 6.07) is 61.7. The van der Waals surface area contributed by atoms with Crippen molar-refractivity contribution < 1.29 is 9.47 Å². The Morgan fingerprint density at radius 3 is 1.05 bits per heavy atom. The van der Waals surface area contributed by atoms with E-state index in [9.17, 15) is 0 Å². The number of benzene rings is 8. The minimum Gasteiger partial charge on any atom is -0.496 e. The molecule has 2 fully saturated rings. The highest BCUT2D eigenvalue weighted by Crippen LogP contribution is 2.54. The van der Waals surface area contributed by atoms with Gasteiger partial charge in [-0.05, 0) is 214 Å². The molecule has 424 valence electrons. The predicted molar refractivity (Wildman–Crippen MR) is 346 cm³/mol. The molecule has 0 heterocycles. The first kappa shape index (κ1) is 60.5. The molecule has 0 aliphatic heterocycles. The van der Waals surface area contributed by atoms with E-state index in [1.165, 1.54) is 159 Å². The molecule has 2 saturated carbocycles. The summed E-state index contributed by atoms with van der Waals surface area (Å²) in [4.78, 5) is 0. The zero-order valence-electron chi connectivity index (χ0n) is 52.6. The summed E-state index contributed by atoms with van der Waals surface area (Å²) >= 11 is 0. The summed E-state index contributed by atoms with van der Waals surface area (Å²) in [5.41, 5.74) is 25.7. The van der Waals surface area contributed by atoms with Crippen LogP contribution >= 0.6 is 0 Å². The molecule has 0 radical (unpaired) electrons. The van der Waals surface area contributed by atoms with Gasteiger partial charge in [-0.15, -0.1) is 0 Å². The summed E-state index contributed by atoms with van der Waals surface area (Å²) in [7, 11) is 3.54. The molecule has 0 spiro atoms.